The Balaban J connectivity index is 1.96. The topological polar surface area (TPSA) is 44.8 Å². The van der Waals surface area contributed by atoms with Crippen LogP contribution >= 0.6 is 0 Å². The van der Waals surface area contributed by atoms with Crippen LogP contribution in [0.4, 0.5) is 0 Å². The molecule has 4 nitrogen and oxygen atoms in total. The fourth-order valence-electron chi connectivity index (χ4n) is 2.93. The summed E-state index contributed by atoms with van der Waals surface area (Å²) in [6.45, 7) is 0.678. The summed E-state index contributed by atoms with van der Waals surface area (Å²) in [6, 6.07) is 10.2. The summed E-state index contributed by atoms with van der Waals surface area (Å²) < 4.78 is 16.1. The molecule has 0 bridgehead atoms. The van der Waals surface area contributed by atoms with Crippen molar-refractivity contribution in [3.8, 4) is 0 Å². The van der Waals surface area contributed by atoms with Crippen molar-refractivity contribution in [2.75, 3.05) is 13.7 Å². The monoisotopic (exact) mass is 274 g/mol. The van der Waals surface area contributed by atoms with E-state index in [1.807, 2.05) is 24.3 Å². The minimum absolute atomic E-state index is 0.129. The van der Waals surface area contributed by atoms with E-state index in [2.05, 4.69) is 12.1 Å². The Morgan fingerprint density at radius 1 is 1.30 bits per heavy atom. The maximum absolute atomic E-state index is 11.7. The van der Waals surface area contributed by atoms with Gasteiger partial charge >= 0.3 is 5.97 Å². The largest absolute Gasteiger partial charge is 0.463 e. The second-order valence-corrected chi connectivity index (χ2v) is 5.12. The van der Waals surface area contributed by atoms with Crippen molar-refractivity contribution in [2.24, 2.45) is 5.92 Å². The molecule has 20 heavy (non-hydrogen) atoms. The van der Waals surface area contributed by atoms with E-state index in [-0.39, 0.29) is 23.9 Å². The molecule has 0 radical (unpaired) electrons. The van der Waals surface area contributed by atoms with Crippen LogP contribution in [0.15, 0.2) is 42.2 Å². The van der Waals surface area contributed by atoms with Crippen molar-refractivity contribution in [2.45, 2.75) is 25.0 Å². The first-order valence-electron chi connectivity index (χ1n) is 6.93. The van der Waals surface area contributed by atoms with Crippen molar-refractivity contribution >= 4 is 5.97 Å². The lowest BCUT2D eigenvalue weighted by Crippen LogP contribution is -2.39. The molecule has 1 fully saturated rings. The summed E-state index contributed by atoms with van der Waals surface area (Å²) in [6.07, 6.45) is 3.58. The number of rotatable bonds is 2. The Bertz CT molecular complexity index is 508. The van der Waals surface area contributed by atoms with E-state index in [0.717, 1.165) is 12.8 Å². The van der Waals surface area contributed by atoms with Gasteiger partial charge in [0.2, 0.25) is 12.0 Å². The number of hydrogen-bond donors (Lipinski definition) is 0. The zero-order chi connectivity index (χ0) is 13.9. The number of allylic oxidation sites excluding steroid dienone is 1. The van der Waals surface area contributed by atoms with Gasteiger partial charge in [0.05, 0.1) is 13.7 Å². The molecule has 0 aromatic heterocycles. The molecule has 0 saturated carbocycles. The number of methoxy groups -OCH3 is 1. The van der Waals surface area contributed by atoms with Crippen molar-refractivity contribution in [1.82, 2.24) is 0 Å². The molecule has 3 atom stereocenters. The van der Waals surface area contributed by atoms with E-state index >= 15 is 0 Å². The average molecular weight is 274 g/mol. The van der Waals surface area contributed by atoms with Crippen LogP contribution in [0.2, 0.25) is 0 Å². The van der Waals surface area contributed by atoms with Crippen LogP contribution in [0.5, 0.6) is 0 Å². The van der Waals surface area contributed by atoms with E-state index < -0.39 is 5.97 Å². The number of benzene rings is 1. The molecule has 1 aromatic rings. The summed E-state index contributed by atoms with van der Waals surface area (Å²) in [5.74, 6) is 0.187. The highest BCUT2D eigenvalue weighted by atomic mass is 16.7. The Hall–Kier alpha value is -1.81. The number of ether oxygens (including phenoxy) is 3. The molecular formula is C16H18O4. The first-order chi connectivity index (χ1) is 9.79. The van der Waals surface area contributed by atoms with E-state index in [1.54, 1.807) is 0 Å². The molecule has 2 heterocycles. The number of esters is 1. The van der Waals surface area contributed by atoms with Crippen LogP contribution in [0.3, 0.4) is 0 Å². The molecule has 3 rings (SSSR count). The second-order valence-electron chi connectivity index (χ2n) is 5.12. The molecule has 0 unspecified atom stereocenters. The Kier molecular flexibility index (Phi) is 3.74. The summed E-state index contributed by atoms with van der Waals surface area (Å²) in [5.41, 5.74) is 1.18. The maximum Gasteiger partial charge on any atom is 0.373 e. The molecule has 0 spiro atoms. The molecule has 0 aliphatic carbocycles. The van der Waals surface area contributed by atoms with Gasteiger partial charge in [0.15, 0.2) is 0 Å². The van der Waals surface area contributed by atoms with E-state index in [9.17, 15) is 4.79 Å². The Morgan fingerprint density at radius 3 is 2.85 bits per heavy atom. The minimum Gasteiger partial charge on any atom is -0.463 e. The molecule has 2 aliphatic heterocycles. The predicted molar refractivity (Wildman–Crippen MR) is 72.8 cm³/mol. The van der Waals surface area contributed by atoms with Crippen LogP contribution < -0.4 is 0 Å². The molecule has 1 saturated heterocycles. The van der Waals surface area contributed by atoms with Gasteiger partial charge in [-0.3, -0.25) is 0 Å². The van der Waals surface area contributed by atoms with Crippen molar-refractivity contribution in [1.29, 1.82) is 0 Å². The van der Waals surface area contributed by atoms with Gasteiger partial charge < -0.3 is 14.2 Å². The Labute approximate surface area is 118 Å². The van der Waals surface area contributed by atoms with Crippen LogP contribution in [0, 0.1) is 5.92 Å². The van der Waals surface area contributed by atoms with Crippen LogP contribution in [-0.4, -0.2) is 26.0 Å². The van der Waals surface area contributed by atoms with Crippen molar-refractivity contribution in [3.63, 3.8) is 0 Å². The zero-order valence-electron chi connectivity index (χ0n) is 11.5. The highest BCUT2D eigenvalue weighted by Crippen LogP contribution is 2.41. The van der Waals surface area contributed by atoms with Crippen LogP contribution in [-0.2, 0) is 19.0 Å². The van der Waals surface area contributed by atoms with Gasteiger partial charge in [-0.1, -0.05) is 30.3 Å². The number of hydrogen-bond acceptors (Lipinski definition) is 4. The fourth-order valence-corrected chi connectivity index (χ4v) is 2.93. The SMILES string of the molecule is COC(=O)C1=C[C@@H](c2ccccc2)[C@H]2CCCO[C@H]2O1. The number of fused-ring (bicyclic) bond motifs is 1. The summed E-state index contributed by atoms with van der Waals surface area (Å²) in [7, 11) is 1.36. The third-order valence-electron chi connectivity index (χ3n) is 3.92. The van der Waals surface area contributed by atoms with Gasteiger partial charge in [-0.15, -0.1) is 0 Å². The minimum atomic E-state index is -0.446. The van der Waals surface area contributed by atoms with Gasteiger partial charge in [-0.2, -0.15) is 0 Å². The third-order valence-corrected chi connectivity index (χ3v) is 3.92. The summed E-state index contributed by atoms with van der Waals surface area (Å²) >= 11 is 0. The lowest BCUT2D eigenvalue weighted by atomic mass is 9.80. The van der Waals surface area contributed by atoms with Gasteiger partial charge in [0.25, 0.3) is 0 Å². The predicted octanol–water partition coefficient (Wildman–Crippen LogP) is 2.61. The molecule has 2 aliphatic rings. The average Bonchev–Trinajstić information content (AvgIpc) is 2.54. The van der Waals surface area contributed by atoms with Gasteiger partial charge in [-0.05, 0) is 24.5 Å². The zero-order valence-corrected chi connectivity index (χ0v) is 11.5. The summed E-state index contributed by atoms with van der Waals surface area (Å²) in [4.78, 5) is 11.7. The van der Waals surface area contributed by atoms with Crippen molar-refractivity contribution < 1.29 is 19.0 Å². The normalized spacial score (nSPS) is 28.9. The Morgan fingerprint density at radius 2 is 2.10 bits per heavy atom. The highest BCUT2D eigenvalue weighted by Gasteiger charge is 2.39. The molecular weight excluding hydrogens is 256 g/mol. The van der Waals surface area contributed by atoms with Gasteiger partial charge in [-0.25, -0.2) is 4.79 Å². The van der Waals surface area contributed by atoms with E-state index in [4.69, 9.17) is 14.2 Å². The molecule has 0 N–H and O–H groups in total. The molecule has 4 heteroatoms. The third kappa shape index (κ3) is 2.43. The fraction of sp³-hybridized carbons (Fsp3) is 0.438. The standard InChI is InChI=1S/C16H18O4/c1-18-15(17)14-10-13(11-6-3-2-4-7-11)12-8-5-9-19-16(12)20-14/h2-4,6-7,10,12-13,16H,5,8-9H2,1H3/t12-,13+,16+/m1/s1. The van der Waals surface area contributed by atoms with Crippen LogP contribution in [0.1, 0.15) is 24.3 Å². The highest BCUT2D eigenvalue weighted by molar-refractivity contribution is 5.86. The number of carbonyl (C=O) groups excluding carboxylic acids is 1. The second kappa shape index (κ2) is 5.67. The van der Waals surface area contributed by atoms with E-state index in [1.165, 1.54) is 12.7 Å². The quantitative estimate of drug-likeness (QED) is 0.778. The van der Waals surface area contributed by atoms with Gasteiger partial charge in [0.1, 0.15) is 0 Å². The van der Waals surface area contributed by atoms with Gasteiger partial charge in [0, 0.05) is 11.8 Å². The first kappa shape index (κ1) is 13.2. The van der Waals surface area contributed by atoms with E-state index in [0.29, 0.717) is 6.61 Å². The lowest BCUT2D eigenvalue weighted by molar-refractivity contribution is -0.190. The van der Waals surface area contributed by atoms with Crippen molar-refractivity contribution in [3.05, 3.63) is 47.7 Å². The number of carbonyl (C=O) groups is 1. The lowest BCUT2D eigenvalue weighted by Gasteiger charge is -2.39. The smallest absolute Gasteiger partial charge is 0.373 e. The maximum atomic E-state index is 11.7. The van der Waals surface area contributed by atoms with Crippen LogP contribution in [0.25, 0.3) is 0 Å². The summed E-state index contributed by atoms with van der Waals surface area (Å²) in [5, 5.41) is 0. The molecule has 1 aromatic carbocycles. The first-order valence-corrected chi connectivity index (χ1v) is 6.93. The molecule has 0 amide bonds. The molecule has 106 valence electrons.